The minimum Gasteiger partial charge on any atom is -0.348 e. The molecule has 7 heteroatoms. The lowest BCUT2D eigenvalue weighted by atomic mass is 9.96. The fraction of sp³-hybridized carbons (Fsp3) is 0.435. The molecule has 1 aliphatic heterocycles. The zero-order valence-electron chi connectivity index (χ0n) is 17.5. The highest BCUT2D eigenvalue weighted by molar-refractivity contribution is 6.11. The molecule has 0 spiro atoms. The van der Waals surface area contributed by atoms with Gasteiger partial charge in [-0.25, -0.2) is 9.18 Å². The number of urea groups is 1. The van der Waals surface area contributed by atoms with Crippen molar-refractivity contribution in [3.63, 3.8) is 0 Å². The summed E-state index contributed by atoms with van der Waals surface area (Å²) in [6, 6.07) is 7.70. The van der Waals surface area contributed by atoms with Gasteiger partial charge in [-0.05, 0) is 69.7 Å². The summed E-state index contributed by atoms with van der Waals surface area (Å²) in [6.45, 7) is 5.93. The van der Waals surface area contributed by atoms with E-state index in [4.69, 9.17) is 0 Å². The maximum absolute atomic E-state index is 13.1. The molecule has 1 aromatic carbocycles. The number of halogens is 1. The van der Waals surface area contributed by atoms with Crippen LogP contribution in [0.25, 0.3) is 0 Å². The molecule has 4 rings (SSSR count). The number of nitrogens with zero attached hydrogens (tertiary/aromatic N) is 2. The maximum Gasteiger partial charge on any atom is 0.325 e. The third-order valence-electron chi connectivity index (χ3n) is 6.41. The van der Waals surface area contributed by atoms with Crippen molar-refractivity contribution in [3.05, 3.63) is 58.7 Å². The summed E-state index contributed by atoms with van der Waals surface area (Å²) in [7, 11) is 0. The van der Waals surface area contributed by atoms with Crippen molar-refractivity contribution >= 4 is 17.7 Å². The summed E-state index contributed by atoms with van der Waals surface area (Å²) in [4.78, 5) is 39.1. The first kappa shape index (κ1) is 20.3. The third kappa shape index (κ3) is 3.53. The molecule has 0 radical (unpaired) electrons. The molecule has 158 valence electrons. The summed E-state index contributed by atoms with van der Waals surface area (Å²) >= 11 is 0. The van der Waals surface area contributed by atoms with Crippen LogP contribution in [-0.4, -0.2) is 39.3 Å². The van der Waals surface area contributed by atoms with Gasteiger partial charge in [-0.2, -0.15) is 0 Å². The van der Waals surface area contributed by atoms with E-state index in [2.05, 4.69) is 5.32 Å². The molecule has 2 heterocycles. The number of amides is 3. The predicted molar refractivity (Wildman–Crippen MR) is 110 cm³/mol. The zero-order valence-corrected chi connectivity index (χ0v) is 17.5. The highest BCUT2D eigenvalue weighted by atomic mass is 19.1. The first-order valence-electron chi connectivity index (χ1n) is 10.3. The highest BCUT2D eigenvalue weighted by Gasteiger charge is 2.56. The van der Waals surface area contributed by atoms with Crippen LogP contribution in [0.1, 0.15) is 47.1 Å². The van der Waals surface area contributed by atoms with Crippen molar-refractivity contribution in [2.75, 3.05) is 6.54 Å². The monoisotopic (exact) mass is 411 g/mol. The van der Waals surface area contributed by atoms with Crippen LogP contribution >= 0.6 is 0 Å². The van der Waals surface area contributed by atoms with E-state index >= 15 is 0 Å². The van der Waals surface area contributed by atoms with E-state index in [1.165, 1.54) is 12.1 Å². The lowest BCUT2D eigenvalue weighted by Crippen LogP contribution is -2.46. The van der Waals surface area contributed by atoms with Gasteiger partial charge in [0.2, 0.25) is 0 Å². The molecule has 0 bridgehead atoms. The van der Waals surface area contributed by atoms with Crippen molar-refractivity contribution in [2.24, 2.45) is 5.92 Å². The number of hydrogen-bond donors (Lipinski definition) is 1. The van der Waals surface area contributed by atoms with Crippen LogP contribution in [-0.2, 0) is 17.8 Å². The number of ketones is 1. The molecule has 3 amide bonds. The molecule has 1 aromatic heterocycles. The van der Waals surface area contributed by atoms with Crippen LogP contribution in [0.5, 0.6) is 0 Å². The largest absolute Gasteiger partial charge is 0.348 e. The van der Waals surface area contributed by atoms with Crippen molar-refractivity contribution in [1.29, 1.82) is 0 Å². The second-order valence-corrected chi connectivity index (χ2v) is 8.53. The van der Waals surface area contributed by atoms with Crippen molar-refractivity contribution in [2.45, 2.75) is 52.1 Å². The molecule has 1 saturated carbocycles. The Kier molecular flexibility index (Phi) is 5.00. The fourth-order valence-electron chi connectivity index (χ4n) is 4.34. The van der Waals surface area contributed by atoms with Crippen LogP contribution in [0.15, 0.2) is 30.3 Å². The molecule has 2 aliphatic rings. The standard InChI is InChI=1S/C23H26FN3O3/c1-14-12-19(15(2)26(14)11-10-16-4-8-18(24)9-5-16)20(28)13-27-21(29)23(3,17-6-7-17)25-22(27)30/h4-5,8-9,12,17H,6-7,10-11,13H2,1-3H3,(H,25,30). The summed E-state index contributed by atoms with van der Waals surface area (Å²) < 4.78 is 15.1. The molecule has 1 saturated heterocycles. The number of carbonyl (C=O) groups excluding carboxylic acids is 3. The topological polar surface area (TPSA) is 71.4 Å². The maximum atomic E-state index is 13.1. The molecule has 1 atom stereocenters. The Morgan fingerprint density at radius 2 is 1.87 bits per heavy atom. The first-order valence-corrected chi connectivity index (χ1v) is 10.3. The van der Waals surface area contributed by atoms with Crippen molar-refractivity contribution in [1.82, 2.24) is 14.8 Å². The van der Waals surface area contributed by atoms with E-state index in [1.54, 1.807) is 25.1 Å². The lowest BCUT2D eigenvalue weighted by Gasteiger charge is -2.20. The molecular weight excluding hydrogens is 385 g/mol. The highest BCUT2D eigenvalue weighted by Crippen LogP contribution is 2.42. The Morgan fingerprint density at radius 1 is 1.20 bits per heavy atom. The van der Waals surface area contributed by atoms with Crippen LogP contribution in [0.2, 0.25) is 0 Å². The number of imide groups is 1. The molecule has 2 aromatic rings. The number of aryl methyl sites for hydroxylation is 2. The van der Waals surface area contributed by atoms with Crippen LogP contribution in [0, 0.1) is 25.6 Å². The molecule has 1 unspecified atom stereocenters. The third-order valence-corrected chi connectivity index (χ3v) is 6.41. The van der Waals surface area contributed by atoms with Gasteiger partial charge in [0.05, 0.1) is 6.54 Å². The number of Topliss-reactive ketones (excluding diaryl/α,β-unsaturated/α-hetero) is 1. The SMILES string of the molecule is Cc1cc(C(=O)CN2C(=O)NC(C)(C3CC3)C2=O)c(C)n1CCc1ccc(F)cc1. The fourth-order valence-corrected chi connectivity index (χ4v) is 4.34. The van der Waals surface area contributed by atoms with E-state index in [9.17, 15) is 18.8 Å². The van der Waals surface area contributed by atoms with E-state index < -0.39 is 11.6 Å². The minimum absolute atomic E-state index is 0.158. The van der Waals surface area contributed by atoms with E-state index in [0.717, 1.165) is 34.7 Å². The van der Waals surface area contributed by atoms with E-state index in [0.29, 0.717) is 18.5 Å². The normalized spacial score (nSPS) is 21.3. The molecule has 2 fully saturated rings. The average molecular weight is 411 g/mol. The molecule has 1 aliphatic carbocycles. The van der Waals surface area contributed by atoms with Gasteiger partial charge >= 0.3 is 6.03 Å². The second-order valence-electron chi connectivity index (χ2n) is 8.53. The van der Waals surface area contributed by atoms with Crippen molar-refractivity contribution in [3.8, 4) is 0 Å². The Hall–Kier alpha value is -2.96. The van der Waals surface area contributed by atoms with Crippen LogP contribution in [0.3, 0.4) is 0 Å². The lowest BCUT2D eigenvalue weighted by molar-refractivity contribution is -0.131. The number of aromatic nitrogens is 1. The van der Waals surface area contributed by atoms with Gasteiger partial charge in [0, 0.05) is 23.5 Å². The second kappa shape index (κ2) is 7.38. The predicted octanol–water partition coefficient (Wildman–Crippen LogP) is 3.39. The van der Waals surface area contributed by atoms with Gasteiger partial charge in [0.15, 0.2) is 5.78 Å². The number of benzene rings is 1. The Balaban J connectivity index is 1.47. The number of hydrogen-bond acceptors (Lipinski definition) is 3. The minimum atomic E-state index is -0.886. The van der Waals surface area contributed by atoms with Gasteiger partial charge in [-0.15, -0.1) is 0 Å². The zero-order chi connectivity index (χ0) is 21.6. The number of carbonyl (C=O) groups is 3. The average Bonchev–Trinajstić information content (AvgIpc) is 3.49. The van der Waals surface area contributed by atoms with Gasteiger partial charge in [0.25, 0.3) is 5.91 Å². The first-order chi connectivity index (χ1) is 14.2. The van der Waals surface area contributed by atoms with Gasteiger partial charge in [-0.1, -0.05) is 12.1 Å². The molecule has 6 nitrogen and oxygen atoms in total. The molecule has 1 N–H and O–H groups in total. The quantitative estimate of drug-likeness (QED) is 0.561. The smallest absolute Gasteiger partial charge is 0.325 e. The number of rotatable bonds is 7. The summed E-state index contributed by atoms with van der Waals surface area (Å²) in [5.74, 6) is -0.669. The van der Waals surface area contributed by atoms with Gasteiger partial charge in [0.1, 0.15) is 11.4 Å². The van der Waals surface area contributed by atoms with E-state index in [-0.39, 0.29) is 30.0 Å². The van der Waals surface area contributed by atoms with Gasteiger partial charge in [-0.3, -0.25) is 14.5 Å². The summed E-state index contributed by atoms with van der Waals surface area (Å²) in [6.07, 6.45) is 2.54. The Bertz CT molecular complexity index is 1020. The molecule has 30 heavy (non-hydrogen) atoms. The van der Waals surface area contributed by atoms with Gasteiger partial charge < -0.3 is 9.88 Å². The van der Waals surface area contributed by atoms with Crippen LogP contribution < -0.4 is 5.32 Å². The molecular formula is C23H26FN3O3. The van der Waals surface area contributed by atoms with Crippen LogP contribution in [0.4, 0.5) is 9.18 Å². The van der Waals surface area contributed by atoms with E-state index in [1.807, 2.05) is 18.4 Å². The summed E-state index contributed by atoms with van der Waals surface area (Å²) in [5, 5.41) is 2.78. The summed E-state index contributed by atoms with van der Waals surface area (Å²) in [5.41, 5.74) is 2.38. The Labute approximate surface area is 175 Å². The Morgan fingerprint density at radius 3 is 2.50 bits per heavy atom. The van der Waals surface area contributed by atoms with Crippen molar-refractivity contribution < 1.29 is 18.8 Å². The number of nitrogens with one attached hydrogen (secondary N) is 1.